The van der Waals surface area contributed by atoms with Crippen LogP contribution >= 0.6 is 0 Å². The fourth-order valence-corrected chi connectivity index (χ4v) is 2.28. The highest BCUT2D eigenvalue weighted by atomic mass is 16.6. The molecule has 1 atom stereocenters. The number of aliphatic carboxylic acids is 1. The van der Waals surface area contributed by atoms with Gasteiger partial charge in [0.25, 0.3) is 0 Å². The zero-order chi connectivity index (χ0) is 15.3. The van der Waals surface area contributed by atoms with Gasteiger partial charge in [-0.25, -0.2) is 4.79 Å². The Hall–Kier alpha value is -2.62. The van der Waals surface area contributed by atoms with Gasteiger partial charge >= 0.3 is 11.9 Å². The molecule has 1 N–H and O–H groups in total. The van der Waals surface area contributed by atoms with Gasteiger partial charge in [-0.15, -0.1) is 0 Å². The number of hydrogen-bond acceptors (Lipinski definition) is 3. The van der Waals surface area contributed by atoms with Gasteiger partial charge in [-0.3, -0.25) is 4.79 Å². The van der Waals surface area contributed by atoms with Crippen LogP contribution in [0.4, 0.5) is 0 Å². The molecule has 1 unspecified atom stereocenters. The summed E-state index contributed by atoms with van der Waals surface area (Å²) in [4.78, 5) is 23.3. The molecule has 0 amide bonds. The smallest absolute Gasteiger partial charge is 0.353 e. The average Bonchev–Trinajstić information content (AvgIpc) is 2.48. The molecule has 4 nitrogen and oxygen atoms in total. The minimum absolute atomic E-state index is 0.0762. The molecule has 2 aromatic rings. The first-order chi connectivity index (χ1) is 10.0. The first-order valence-electron chi connectivity index (χ1n) is 6.57. The van der Waals surface area contributed by atoms with E-state index in [0.717, 1.165) is 5.56 Å². The van der Waals surface area contributed by atoms with Crippen molar-refractivity contribution in [1.82, 2.24) is 0 Å². The minimum Gasteiger partial charge on any atom is -0.478 e. The second kappa shape index (κ2) is 6.22. The Labute approximate surface area is 123 Å². The minimum atomic E-state index is -1.71. The van der Waals surface area contributed by atoms with Crippen LogP contribution in [0.1, 0.15) is 18.1 Å². The molecule has 2 aromatic carbocycles. The van der Waals surface area contributed by atoms with Gasteiger partial charge in [0.15, 0.2) is 0 Å². The van der Waals surface area contributed by atoms with Gasteiger partial charge in [0.1, 0.15) is 0 Å². The van der Waals surface area contributed by atoms with E-state index in [4.69, 9.17) is 4.74 Å². The van der Waals surface area contributed by atoms with E-state index >= 15 is 0 Å². The number of carbonyl (C=O) groups is 2. The van der Waals surface area contributed by atoms with Crippen LogP contribution in [-0.2, 0) is 26.3 Å². The van der Waals surface area contributed by atoms with Crippen LogP contribution in [0.3, 0.4) is 0 Å². The Morgan fingerprint density at radius 2 is 1.52 bits per heavy atom. The van der Waals surface area contributed by atoms with Crippen LogP contribution in [0.25, 0.3) is 0 Å². The number of esters is 1. The Morgan fingerprint density at radius 1 is 1.00 bits per heavy atom. The maximum atomic E-state index is 11.9. The second-order valence-electron chi connectivity index (χ2n) is 4.75. The highest BCUT2D eigenvalue weighted by Gasteiger charge is 2.44. The number of hydrogen-bond donors (Lipinski definition) is 1. The first-order valence-corrected chi connectivity index (χ1v) is 6.57. The third-order valence-electron chi connectivity index (χ3n) is 3.20. The third kappa shape index (κ3) is 3.28. The van der Waals surface area contributed by atoms with Crippen LogP contribution in [0.15, 0.2) is 60.7 Å². The van der Waals surface area contributed by atoms with Crippen LogP contribution in [0.5, 0.6) is 0 Å². The molecule has 21 heavy (non-hydrogen) atoms. The molecule has 0 aliphatic rings. The molecule has 0 fully saturated rings. The topological polar surface area (TPSA) is 63.6 Å². The number of carboxylic acid groups (broad SMARTS) is 1. The lowest BCUT2D eigenvalue weighted by Crippen LogP contribution is -2.42. The molecule has 0 bridgehead atoms. The van der Waals surface area contributed by atoms with Crippen LogP contribution in [0.2, 0.25) is 0 Å². The number of ether oxygens (including phenoxy) is 1. The molecule has 0 aliphatic carbocycles. The van der Waals surface area contributed by atoms with Crippen molar-refractivity contribution in [3.63, 3.8) is 0 Å². The normalized spacial score (nSPS) is 13.2. The molecule has 2 rings (SSSR count). The lowest BCUT2D eigenvalue weighted by molar-refractivity contribution is -0.179. The van der Waals surface area contributed by atoms with Gasteiger partial charge < -0.3 is 9.84 Å². The van der Waals surface area contributed by atoms with Crippen LogP contribution in [0, 0.1) is 0 Å². The van der Waals surface area contributed by atoms with Gasteiger partial charge in [-0.2, -0.15) is 0 Å². The van der Waals surface area contributed by atoms with Crippen molar-refractivity contribution >= 4 is 11.9 Å². The number of benzene rings is 2. The molecule has 0 saturated heterocycles. The van der Waals surface area contributed by atoms with E-state index in [0.29, 0.717) is 5.56 Å². The summed E-state index contributed by atoms with van der Waals surface area (Å²) in [6, 6.07) is 17.6. The Kier molecular flexibility index (Phi) is 4.38. The SMILES string of the molecule is CC(=O)OC(Cc1ccccc1)(C(=O)O)c1ccccc1. The molecule has 108 valence electrons. The number of carboxylic acids is 1. The highest BCUT2D eigenvalue weighted by Crippen LogP contribution is 2.31. The zero-order valence-corrected chi connectivity index (χ0v) is 11.7. The number of carbonyl (C=O) groups excluding carboxylic acids is 1. The van der Waals surface area contributed by atoms with E-state index in [1.807, 2.05) is 30.3 Å². The summed E-state index contributed by atoms with van der Waals surface area (Å²) < 4.78 is 5.25. The van der Waals surface area contributed by atoms with Crippen molar-refractivity contribution in [2.45, 2.75) is 18.9 Å². The predicted molar refractivity (Wildman–Crippen MR) is 77.7 cm³/mol. The van der Waals surface area contributed by atoms with E-state index in [-0.39, 0.29) is 6.42 Å². The van der Waals surface area contributed by atoms with E-state index in [2.05, 4.69) is 0 Å². The molecule has 0 aliphatic heterocycles. The van der Waals surface area contributed by atoms with Crippen molar-refractivity contribution in [2.75, 3.05) is 0 Å². The zero-order valence-electron chi connectivity index (χ0n) is 11.7. The maximum Gasteiger partial charge on any atom is 0.353 e. The largest absolute Gasteiger partial charge is 0.478 e. The molecule has 0 spiro atoms. The Morgan fingerprint density at radius 3 is 2.00 bits per heavy atom. The summed E-state index contributed by atoms with van der Waals surface area (Å²) in [6.07, 6.45) is 0.0762. The fraction of sp³-hybridized carbons (Fsp3) is 0.176. The lowest BCUT2D eigenvalue weighted by atomic mass is 9.87. The molecule has 0 radical (unpaired) electrons. The van der Waals surface area contributed by atoms with Crippen molar-refractivity contribution in [3.05, 3.63) is 71.8 Å². The van der Waals surface area contributed by atoms with E-state index in [1.165, 1.54) is 6.92 Å². The van der Waals surface area contributed by atoms with Crippen molar-refractivity contribution in [3.8, 4) is 0 Å². The van der Waals surface area contributed by atoms with Crippen molar-refractivity contribution in [1.29, 1.82) is 0 Å². The third-order valence-corrected chi connectivity index (χ3v) is 3.20. The second-order valence-corrected chi connectivity index (χ2v) is 4.75. The van der Waals surface area contributed by atoms with Gasteiger partial charge in [0.2, 0.25) is 5.60 Å². The van der Waals surface area contributed by atoms with Gasteiger partial charge in [-0.1, -0.05) is 60.7 Å². The van der Waals surface area contributed by atoms with Crippen molar-refractivity contribution < 1.29 is 19.4 Å². The molecule has 4 heteroatoms. The molecular formula is C17H16O4. The van der Waals surface area contributed by atoms with Gasteiger partial charge in [0.05, 0.1) is 0 Å². The standard InChI is InChI=1S/C17H16O4/c1-13(18)21-17(16(19)20,15-10-6-3-7-11-15)12-14-8-4-2-5-9-14/h2-11H,12H2,1H3,(H,19,20). The molecule has 0 heterocycles. The highest BCUT2D eigenvalue weighted by molar-refractivity contribution is 5.83. The Balaban J connectivity index is 2.51. The Bertz CT molecular complexity index is 622. The monoisotopic (exact) mass is 284 g/mol. The quantitative estimate of drug-likeness (QED) is 0.857. The van der Waals surface area contributed by atoms with Gasteiger partial charge in [0, 0.05) is 18.9 Å². The van der Waals surface area contributed by atoms with E-state index < -0.39 is 17.5 Å². The van der Waals surface area contributed by atoms with Crippen molar-refractivity contribution in [2.24, 2.45) is 0 Å². The predicted octanol–water partition coefficient (Wildman–Crippen LogP) is 2.77. The number of rotatable bonds is 5. The van der Waals surface area contributed by atoms with E-state index in [9.17, 15) is 14.7 Å². The summed E-state index contributed by atoms with van der Waals surface area (Å²) in [6.45, 7) is 1.21. The maximum absolute atomic E-state index is 11.9. The van der Waals surface area contributed by atoms with E-state index in [1.54, 1.807) is 30.3 Å². The summed E-state index contributed by atoms with van der Waals surface area (Å²) in [5, 5.41) is 9.71. The lowest BCUT2D eigenvalue weighted by Gasteiger charge is -2.29. The summed E-state index contributed by atoms with van der Waals surface area (Å²) in [5.74, 6) is -1.81. The summed E-state index contributed by atoms with van der Waals surface area (Å²) in [5.41, 5.74) is -0.490. The van der Waals surface area contributed by atoms with Crippen LogP contribution in [-0.4, -0.2) is 17.0 Å². The summed E-state index contributed by atoms with van der Waals surface area (Å²) >= 11 is 0. The fourth-order valence-electron chi connectivity index (χ4n) is 2.28. The summed E-state index contributed by atoms with van der Waals surface area (Å²) in [7, 11) is 0. The molecule has 0 aromatic heterocycles. The van der Waals surface area contributed by atoms with Gasteiger partial charge in [-0.05, 0) is 5.56 Å². The van der Waals surface area contributed by atoms with Crippen LogP contribution < -0.4 is 0 Å². The first kappa shape index (κ1) is 14.8. The molecular weight excluding hydrogens is 268 g/mol. The average molecular weight is 284 g/mol. The molecule has 0 saturated carbocycles.